The van der Waals surface area contributed by atoms with E-state index in [1.165, 1.54) is 12.1 Å². The number of nitrogens with two attached hydrogens (primary N) is 1. The number of rotatable bonds is 5. The summed E-state index contributed by atoms with van der Waals surface area (Å²) in [6, 6.07) is 14.9. The summed E-state index contributed by atoms with van der Waals surface area (Å²) in [7, 11) is 0. The summed E-state index contributed by atoms with van der Waals surface area (Å²) < 4.78 is 49.4. The van der Waals surface area contributed by atoms with Crippen LogP contribution in [0.25, 0.3) is 10.8 Å². The Labute approximate surface area is 190 Å². The number of carbonyl (C=O) groups is 1. The average Bonchev–Trinajstić information content (AvgIpc) is 3.20. The molecule has 1 aliphatic heterocycles. The van der Waals surface area contributed by atoms with Gasteiger partial charge in [0, 0.05) is 16.9 Å². The van der Waals surface area contributed by atoms with E-state index < -0.39 is 11.7 Å². The fourth-order valence-corrected chi connectivity index (χ4v) is 3.57. The van der Waals surface area contributed by atoms with Gasteiger partial charge in [-0.2, -0.15) is 26.7 Å². The van der Waals surface area contributed by atoms with E-state index in [1.807, 2.05) is 6.07 Å². The van der Waals surface area contributed by atoms with Crippen molar-refractivity contribution >= 4 is 30.2 Å². The number of amides is 1. The molecule has 3 N–H and O–H groups in total. The van der Waals surface area contributed by atoms with Crippen molar-refractivity contribution in [3.05, 3.63) is 71.8 Å². The third-order valence-corrected chi connectivity index (χ3v) is 5.33. The maximum absolute atomic E-state index is 12.7. The van der Waals surface area contributed by atoms with E-state index in [9.17, 15) is 18.0 Å². The number of fused-ring (bicyclic) bond motifs is 1. The van der Waals surface area contributed by atoms with Crippen LogP contribution in [0.1, 0.15) is 15.9 Å². The summed E-state index contributed by atoms with van der Waals surface area (Å²) in [4.78, 5) is 12.7. The molecule has 0 bridgehead atoms. The molecule has 1 amide bonds. The fraction of sp³-hybridized carbons (Fsp3) is 0.261. The molecule has 32 heavy (non-hydrogen) atoms. The minimum Gasteiger partial charge on any atom is -0.457 e. The first-order chi connectivity index (χ1) is 14.8. The highest BCUT2D eigenvalue weighted by Gasteiger charge is 2.30. The molecule has 4 rings (SSSR count). The number of ether oxygens (including phenoxy) is 2. The number of hydrogen-bond donors (Lipinski definition) is 2. The minimum atomic E-state index is -4.40. The van der Waals surface area contributed by atoms with E-state index >= 15 is 0 Å². The number of halogens is 3. The number of alkyl halides is 3. The number of hydrogen-bond acceptors (Lipinski definition) is 4. The molecule has 0 aliphatic carbocycles. The van der Waals surface area contributed by atoms with Gasteiger partial charge in [-0.15, -0.1) is 0 Å². The van der Waals surface area contributed by atoms with Crippen LogP contribution in [0.15, 0.2) is 60.7 Å². The van der Waals surface area contributed by atoms with Crippen LogP contribution in [0.5, 0.6) is 11.5 Å². The Hall–Kier alpha value is -2.75. The molecule has 0 radical (unpaired) electrons. The first kappa shape index (κ1) is 23.9. The largest absolute Gasteiger partial charge is 0.457 e. The van der Waals surface area contributed by atoms with Crippen molar-refractivity contribution < 1.29 is 27.4 Å². The van der Waals surface area contributed by atoms with Crippen molar-refractivity contribution in [1.82, 2.24) is 5.32 Å². The Bertz CT molecular complexity index is 1090. The van der Waals surface area contributed by atoms with Crippen LogP contribution < -0.4 is 15.8 Å². The lowest BCUT2D eigenvalue weighted by Gasteiger charge is -2.17. The molecule has 2 atom stereocenters. The molecule has 0 spiro atoms. The molecule has 1 heterocycles. The second kappa shape index (κ2) is 9.81. The normalized spacial score (nSPS) is 18.2. The Balaban J connectivity index is 0.00000289. The van der Waals surface area contributed by atoms with Gasteiger partial charge >= 0.3 is 6.18 Å². The molecule has 9 heteroatoms. The van der Waals surface area contributed by atoms with E-state index in [1.54, 1.807) is 30.3 Å². The Morgan fingerprint density at radius 2 is 1.84 bits per heavy atom. The topological polar surface area (TPSA) is 73.6 Å². The van der Waals surface area contributed by atoms with Crippen molar-refractivity contribution in [2.24, 2.45) is 11.7 Å². The van der Waals surface area contributed by atoms with Crippen molar-refractivity contribution in [1.29, 1.82) is 0 Å². The summed E-state index contributed by atoms with van der Waals surface area (Å²) in [5.41, 5.74) is 5.47. The Morgan fingerprint density at radius 1 is 1.09 bits per heavy atom. The third-order valence-electron chi connectivity index (χ3n) is 5.33. The summed E-state index contributed by atoms with van der Waals surface area (Å²) in [6.45, 7) is 1.41. The molecular weight excluding hydrogens is 441 g/mol. The predicted octanol–water partition coefficient (Wildman–Crippen LogP) is 4.47. The van der Waals surface area contributed by atoms with Crippen LogP contribution in [0.2, 0.25) is 0 Å². The highest BCUT2D eigenvalue weighted by molar-refractivity contribution is 7.59. The van der Waals surface area contributed by atoms with Crippen molar-refractivity contribution in [3.63, 3.8) is 0 Å². The second-order valence-corrected chi connectivity index (χ2v) is 7.43. The smallest absolute Gasteiger partial charge is 0.416 e. The van der Waals surface area contributed by atoms with Gasteiger partial charge in [0.15, 0.2) is 0 Å². The number of benzene rings is 3. The molecule has 1 aliphatic rings. The molecule has 0 saturated carbocycles. The lowest BCUT2D eigenvalue weighted by Crippen LogP contribution is -2.42. The van der Waals surface area contributed by atoms with Crippen molar-refractivity contribution in [3.8, 4) is 11.5 Å². The molecule has 0 aromatic heterocycles. The molecule has 1 unspecified atom stereocenters. The molecule has 1 fully saturated rings. The first-order valence-electron chi connectivity index (χ1n) is 9.82. The fourth-order valence-electron chi connectivity index (χ4n) is 3.57. The Morgan fingerprint density at radius 3 is 2.53 bits per heavy atom. The highest BCUT2D eigenvalue weighted by atomic mass is 32.1. The number of carbonyl (C=O) groups excluding carboxylic acids is 1. The quantitative estimate of drug-likeness (QED) is 0.585. The maximum atomic E-state index is 12.7. The van der Waals surface area contributed by atoms with Crippen LogP contribution in [0, 0.1) is 5.92 Å². The molecule has 3 aromatic rings. The summed E-state index contributed by atoms with van der Waals surface area (Å²) in [5, 5.41) is 4.48. The van der Waals surface area contributed by atoms with Crippen LogP contribution in [0.4, 0.5) is 13.2 Å². The van der Waals surface area contributed by atoms with Crippen molar-refractivity contribution in [2.75, 3.05) is 19.8 Å². The Kier molecular flexibility index (Phi) is 7.33. The van der Waals surface area contributed by atoms with Gasteiger partial charge in [0.05, 0.1) is 24.8 Å². The predicted molar refractivity (Wildman–Crippen MR) is 120 cm³/mol. The number of nitrogens with one attached hydrogen (secondary N) is 1. The third kappa shape index (κ3) is 5.17. The van der Waals surface area contributed by atoms with Crippen LogP contribution >= 0.6 is 13.5 Å². The minimum absolute atomic E-state index is 0. The highest BCUT2D eigenvalue weighted by Crippen LogP contribution is 2.33. The zero-order chi connectivity index (χ0) is 22.0. The summed E-state index contributed by atoms with van der Waals surface area (Å²) in [5.74, 6) is 0.644. The SMILES string of the molecule is NCC1COC[C@H]1NC(=O)c1ccc2c(Oc3ccc(C(F)(F)F)cc3)cccc2c1.S. The van der Waals surface area contributed by atoms with E-state index in [0.29, 0.717) is 31.1 Å². The van der Waals surface area contributed by atoms with Gasteiger partial charge in [-0.3, -0.25) is 4.79 Å². The van der Waals surface area contributed by atoms with Gasteiger partial charge in [-0.25, -0.2) is 0 Å². The maximum Gasteiger partial charge on any atom is 0.416 e. The van der Waals surface area contributed by atoms with Gasteiger partial charge in [0.25, 0.3) is 5.91 Å². The molecule has 5 nitrogen and oxygen atoms in total. The molecule has 1 saturated heterocycles. The van der Waals surface area contributed by atoms with Crippen molar-refractivity contribution in [2.45, 2.75) is 12.2 Å². The zero-order valence-electron chi connectivity index (χ0n) is 17.0. The van der Waals surface area contributed by atoms with E-state index in [0.717, 1.165) is 22.9 Å². The summed E-state index contributed by atoms with van der Waals surface area (Å²) in [6.07, 6.45) is -4.40. The zero-order valence-corrected chi connectivity index (χ0v) is 18.0. The second-order valence-electron chi connectivity index (χ2n) is 7.43. The lowest BCUT2D eigenvalue weighted by molar-refractivity contribution is -0.137. The van der Waals surface area contributed by atoms with Gasteiger partial charge in [-0.05, 0) is 60.5 Å². The standard InChI is InChI=1S/C23H21F3N2O3.H2S/c24-23(25,26)17-5-7-18(8-6-17)31-21-3-1-2-14-10-15(4-9-19(14)21)22(29)28-20-13-30-12-16(20)11-27;/h1-10,16,20H,11-13,27H2,(H,28,29);1H2/t16?,20-;/m1./s1. The average molecular weight is 465 g/mol. The molecular formula is C23H23F3N2O3S. The van der Waals surface area contributed by atoms with E-state index in [-0.39, 0.29) is 37.1 Å². The van der Waals surface area contributed by atoms with Gasteiger partial charge < -0.3 is 20.5 Å². The van der Waals surface area contributed by atoms with E-state index in [4.69, 9.17) is 15.2 Å². The van der Waals surface area contributed by atoms with Crippen LogP contribution in [-0.4, -0.2) is 31.7 Å². The monoisotopic (exact) mass is 464 g/mol. The molecule has 170 valence electrons. The molecule has 3 aromatic carbocycles. The van der Waals surface area contributed by atoms with Gasteiger partial charge in [0.1, 0.15) is 11.5 Å². The van der Waals surface area contributed by atoms with Crippen LogP contribution in [0.3, 0.4) is 0 Å². The van der Waals surface area contributed by atoms with E-state index in [2.05, 4.69) is 5.32 Å². The van der Waals surface area contributed by atoms with Crippen LogP contribution in [-0.2, 0) is 10.9 Å². The first-order valence-corrected chi connectivity index (χ1v) is 9.82. The summed E-state index contributed by atoms with van der Waals surface area (Å²) >= 11 is 0. The van der Waals surface area contributed by atoms with Gasteiger partial charge in [0.2, 0.25) is 0 Å². The lowest BCUT2D eigenvalue weighted by atomic mass is 10.0. The van der Waals surface area contributed by atoms with Gasteiger partial charge in [-0.1, -0.05) is 12.1 Å².